The van der Waals surface area contributed by atoms with Gasteiger partial charge in [-0.05, 0) is 44.1 Å². The second kappa shape index (κ2) is 6.48. The van der Waals surface area contributed by atoms with Crippen molar-refractivity contribution in [1.82, 2.24) is 9.80 Å². The Labute approximate surface area is 121 Å². The van der Waals surface area contributed by atoms with Crippen LogP contribution < -0.4 is 0 Å². The minimum Gasteiger partial charge on any atom is -0.340 e. The first kappa shape index (κ1) is 14.5. The monoisotopic (exact) mass is 328 g/mol. The van der Waals surface area contributed by atoms with Crippen LogP contribution >= 0.6 is 15.9 Å². The Morgan fingerprint density at radius 2 is 2.11 bits per heavy atom. The fourth-order valence-electron chi connectivity index (χ4n) is 2.27. The van der Waals surface area contributed by atoms with E-state index in [2.05, 4.69) is 20.8 Å². The maximum atomic E-state index is 13.6. The van der Waals surface area contributed by atoms with Crippen LogP contribution in [0.1, 0.15) is 23.2 Å². The molecular formula is C14H18BrFN2O. The summed E-state index contributed by atoms with van der Waals surface area (Å²) < 4.78 is 14.4. The van der Waals surface area contributed by atoms with Crippen molar-refractivity contribution in [2.24, 2.45) is 0 Å². The van der Waals surface area contributed by atoms with E-state index in [-0.39, 0.29) is 11.5 Å². The van der Waals surface area contributed by atoms with Crippen LogP contribution in [-0.4, -0.2) is 48.9 Å². The average Bonchev–Trinajstić information content (AvgIpc) is 2.91. The van der Waals surface area contributed by atoms with Crippen LogP contribution in [0.3, 0.4) is 0 Å². The standard InChI is InChI=1S/C14H18BrFN2O/c1-17(8-9-18-6-2-3-7-18)14(19)12-10-11(15)4-5-13(12)16/h4-5,10H,2-3,6-9H2,1H3. The third kappa shape index (κ3) is 3.76. The summed E-state index contributed by atoms with van der Waals surface area (Å²) in [4.78, 5) is 16.1. The van der Waals surface area contributed by atoms with E-state index in [0.717, 1.165) is 19.6 Å². The molecule has 0 unspecified atom stereocenters. The van der Waals surface area contributed by atoms with E-state index >= 15 is 0 Å². The van der Waals surface area contributed by atoms with Crippen LogP contribution in [0.2, 0.25) is 0 Å². The molecule has 1 heterocycles. The van der Waals surface area contributed by atoms with Gasteiger partial charge in [0.05, 0.1) is 5.56 Å². The lowest BCUT2D eigenvalue weighted by molar-refractivity contribution is 0.0777. The van der Waals surface area contributed by atoms with E-state index in [1.165, 1.54) is 25.0 Å². The zero-order chi connectivity index (χ0) is 13.8. The summed E-state index contributed by atoms with van der Waals surface area (Å²) in [6.07, 6.45) is 2.47. The van der Waals surface area contributed by atoms with Gasteiger partial charge in [0.2, 0.25) is 0 Å². The maximum Gasteiger partial charge on any atom is 0.256 e. The minimum atomic E-state index is -0.471. The van der Waals surface area contributed by atoms with Gasteiger partial charge in [0, 0.05) is 24.6 Å². The molecule has 1 amide bonds. The Kier molecular flexibility index (Phi) is 4.93. The van der Waals surface area contributed by atoms with E-state index in [0.29, 0.717) is 11.0 Å². The summed E-state index contributed by atoms with van der Waals surface area (Å²) in [5.41, 5.74) is 0.123. The molecule has 0 saturated carbocycles. The van der Waals surface area contributed by atoms with Crippen LogP contribution in [0.25, 0.3) is 0 Å². The maximum absolute atomic E-state index is 13.6. The van der Waals surface area contributed by atoms with Gasteiger partial charge < -0.3 is 9.80 Å². The number of hydrogen-bond acceptors (Lipinski definition) is 2. The predicted molar refractivity (Wildman–Crippen MR) is 76.7 cm³/mol. The molecule has 1 saturated heterocycles. The van der Waals surface area contributed by atoms with Gasteiger partial charge in [-0.25, -0.2) is 4.39 Å². The highest BCUT2D eigenvalue weighted by Crippen LogP contribution is 2.17. The van der Waals surface area contributed by atoms with Gasteiger partial charge in [0.25, 0.3) is 5.91 Å². The summed E-state index contributed by atoms with van der Waals surface area (Å²) >= 11 is 3.26. The number of amides is 1. The SMILES string of the molecule is CN(CCN1CCCC1)C(=O)c1cc(Br)ccc1F. The Balaban J connectivity index is 1.95. The lowest BCUT2D eigenvalue weighted by Gasteiger charge is -2.21. The Morgan fingerprint density at radius 1 is 1.42 bits per heavy atom. The van der Waals surface area contributed by atoms with Gasteiger partial charge in [0.15, 0.2) is 0 Å². The van der Waals surface area contributed by atoms with Crippen molar-refractivity contribution < 1.29 is 9.18 Å². The number of hydrogen-bond donors (Lipinski definition) is 0. The number of carbonyl (C=O) groups is 1. The molecule has 0 bridgehead atoms. The highest BCUT2D eigenvalue weighted by Gasteiger charge is 2.18. The van der Waals surface area contributed by atoms with E-state index in [1.807, 2.05) is 0 Å². The van der Waals surface area contributed by atoms with Crippen molar-refractivity contribution in [2.45, 2.75) is 12.8 Å². The van der Waals surface area contributed by atoms with Gasteiger partial charge in [-0.2, -0.15) is 0 Å². The summed E-state index contributed by atoms with van der Waals surface area (Å²) in [6, 6.07) is 4.44. The molecule has 1 aliphatic heterocycles. The molecule has 0 spiro atoms. The molecule has 0 aromatic heterocycles. The number of benzene rings is 1. The third-order valence-corrected chi connectivity index (χ3v) is 3.95. The second-order valence-electron chi connectivity index (χ2n) is 4.90. The second-order valence-corrected chi connectivity index (χ2v) is 5.82. The quantitative estimate of drug-likeness (QED) is 0.848. The largest absolute Gasteiger partial charge is 0.340 e. The molecule has 0 N–H and O–H groups in total. The third-order valence-electron chi connectivity index (χ3n) is 3.46. The normalized spacial score (nSPS) is 15.7. The molecule has 1 aliphatic rings. The van der Waals surface area contributed by atoms with Gasteiger partial charge >= 0.3 is 0 Å². The molecule has 19 heavy (non-hydrogen) atoms. The summed E-state index contributed by atoms with van der Waals surface area (Å²) in [7, 11) is 1.72. The highest BCUT2D eigenvalue weighted by molar-refractivity contribution is 9.10. The summed E-state index contributed by atoms with van der Waals surface area (Å²) in [6.45, 7) is 3.70. The first-order valence-corrected chi connectivity index (χ1v) is 7.30. The number of likely N-dealkylation sites (N-methyl/N-ethyl adjacent to an activating group) is 1. The molecule has 0 atom stereocenters. The molecule has 1 aromatic rings. The number of rotatable bonds is 4. The van der Waals surface area contributed by atoms with Crippen molar-refractivity contribution in [3.8, 4) is 0 Å². The zero-order valence-corrected chi connectivity index (χ0v) is 12.6. The first-order chi connectivity index (χ1) is 9.08. The molecule has 1 aromatic carbocycles. The molecule has 0 aliphatic carbocycles. The van der Waals surface area contributed by atoms with Crippen molar-refractivity contribution in [1.29, 1.82) is 0 Å². The molecular weight excluding hydrogens is 311 g/mol. The van der Waals surface area contributed by atoms with Gasteiger partial charge in [-0.1, -0.05) is 15.9 Å². The van der Waals surface area contributed by atoms with E-state index in [9.17, 15) is 9.18 Å². The Morgan fingerprint density at radius 3 is 2.79 bits per heavy atom. The van der Waals surface area contributed by atoms with E-state index in [1.54, 1.807) is 18.0 Å². The van der Waals surface area contributed by atoms with Crippen molar-refractivity contribution >= 4 is 21.8 Å². The number of carbonyl (C=O) groups excluding carboxylic acids is 1. The Bertz CT molecular complexity index is 461. The molecule has 3 nitrogen and oxygen atoms in total. The minimum absolute atomic E-state index is 0.123. The van der Waals surface area contributed by atoms with Crippen LogP contribution in [0.4, 0.5) is 4.39 Å². The first-order valence-electron chi connectivity index (χ1n) is 6.51. The fourth-order valence-corrected chi connectivity index (χ4v) is 2.63. The van der Waals surface area contributed by atoms with Gasteiger partial charge in [0.1, 0.15) is 5.82 Å². The van der Waals surface area contributed by atoms with E-state index < -0.39 is 5.82 Å². The molecule has 2 rings (SSSR count). The predicted octanol–water partition coefficient (Wildman–Crippen LogP) is 2.76. The number of halogens is 2. The highest BCUT2D eigenvalue weighted by atomic mass is 79.9. The van der Waals surface area contributed by atoms with Crippen molar-refractivity contribution in [3.63, 3.8) is 0 Å². The van der Waals surface area contributed by atoms with Crippen LogP contribution in [0.15, 0.2) is 22.7 Å². The smallest absolute Gasteiger partial charge is 0.256 e. The molecule has 104 valence electrons. The number of likely N-dealkylation sites (tertiary alicyclic amines) is 1. The molecule has 1 fully saturated rings. The molecule has 0 radical (unpaired) electrons. The summed E-state index contributed by atoms with van der Waals surface area (Å²) in [5, 5.41) is 0. The van der Waals surface area contributed by atoms with Gasteiger partial charge in [-0.3, -0.25) is 4.79 Å². The van der Waals surface area contributed by atoms with Gasteiger partial charge in [-0.15, -0.1) is 0 Å². The molecule has 5 heteroatoms. The van der Waals surface area contributed by atoms with Crippen LogP contribution in [0.5, 0.6) is 0 Å². The topological polar surface area (TPSA) is 23.6 Å². The van der Waals surface area contributed by atoms with Crippen LogP contribution in [-0.2, 0) is 0 Å². The van der Waals surface area contributed by atoms with Crippen molar-refractivity contribution in [3.05, 3.63) is 34.1 Å². The van der Waals surface area contributed by atoms with Crippen molar-refractivity contribution in [2.75, 3.05) is 33.2 Å². The summed E-state index contributed by atoms with van der Waals surface area (Å²) in [5.74, 6) is -0.737. The lowest BCUT2D eigenvalue weighted by Crippen LogP contribution is -2.35. The number of nitrogens with zero attached hydrogens (tertiary/aromatic N) is 2. The Hall–Kier alpha value is -0.940. The van der Waals surface area contributed by atoms with Crippen LogP contribution in [0, 0.1) is 5.82 Å². The average molecular weight is 329 g/mol. The fraction of sp³-hybridized carbons (Fsp3) is 0.500. The lowest BCUT2D eigenvalue weighted by atomic mass is 10.2. The van der Waals surface area contributed by atoms with E-state index in [4.69, 9.17) is 0 Å². The zero-order valence-electron chi connectivity index (χ0n) is 11.0.